The molecule has 3 heterocycles. The Morgan fingerprint density at radius 1 is 1.29 bits per heavy atom. The number of aliphatic hydroxyl groups is 1. The highest BCUT2D eigenvalue weighted by Gasteiger charge is 2.40. The summed E-state index contributed by atoms with van der Waals surface area (Å²) >= 11 is 0. The number of aliphatic hydroxyl groups excluding tert-OH is 1. The van der Waals surface area contributed by atoms with Crippen molar-refractivity contribution in [2.45, 2.75) is 64.8 Å². The Hall–Kier alpha value is -1.89. The Morgan fingerprint density at radius 2 is 2.00 bits per heavy atom. The summed E-state index contributed by atoms with van der Waals surface area (Å²) in [6.45, 7) is 9.78. The lowest BCUT2D eigenvalue weighted by Gasteiger charge is -2.32. The van der Waals surface area contributed by atoms with E-state index in [4.69, 9.17) is 0 Å². The maximum atomic E-state index is 12.9. The van der Waals surface area contributed by atoms with Crippen LogP contribution in [0.3, 0.4) is 0 Å². The summed E-state index contributed by atoms with van der Waals surface area (Å²) in [5, 5.41) is 14.5. The first kappa shape index (κ1) is 17.0. The number of likely N-dealkylation sites (tertiary alicyclic amines) is 1. The van der Waals surface area contributed by atoms with Crippen molar-refractivity contribution in [1.29, 1.82) is 0 Å². The van der Waals surface area contributed by atoms with E-state index < -0.39 is 12.1 Å². The zero-order chi connectivity index (χ0) is 17.6. The molecule has 2 atom stereocenters. The summed E-state index contributed by atoms with van der Waals surface area (Å²) in [7, 11) is 0. The molecule has 1 saturated heterocycles. The normalized spacial score (nSPS) is 24.2. The lowest BCUT2D eigenvalue weighted by Crippen LogP contribution is -2.49. The van der Waals surface area contributed by atoms with Crippen LogP contribution >= 0.6 is 0 Å². The van der Waals surface area contributed by atoms with Gasteiger partial charge in [0.2, 0.25) is 11.8 Å². The molecule has 0 spiro atoms. The van der Waals surface area contributed by atoms with E-state index in [0.29, 0.717) is 26.1 Å². The predicted molar refractivity (Wildman–Crippen MR) is 88.1 cm³/mol. The molecule has 1 aromatic rings. The van der Waals surface area contributed by atoms with Gasteiger partial charge in [0.15, 0.2) is 0 Å². The van der Waals surface area contributed by atoms with Crippen LogP contribution in [0.15, 0.2) is 6.07 Å². The molecule has 24 heavy (non-hydrogen) atoms. The SMILES string of the molecule is CC(=O)N1C[C@H](O)C[C@@H]1C(=O)N1CCn2nc(C(C)(C)C)cc2C1. The number of hydrogen-bond donors (Lipinski definition) is 1. The highest BCUT2D eigenvalue weighted by Crippen LogP contribution is 2.26. The number of β-amino-alcohol motifs (C(OH)–C–C–N with tert-alkyl or cyclic N) is 1. The summed E-state index contributed by atoms with van der Waals surface area (Å²) in [5.41, 5.74) is 2.01. The Bertz CT molecular complexity index is 661. The lowest BCUT2D eigenvalue weighted by atomic mass is 9.92. The van der Waals surface area contributed by atoms with Crippen molar-refractivity contribution in [1.82, 2.24) is 19.6 Å². The van der Waals surface area contributed by atoms with Crippen molar-refractivity contribution < 1.29 is 14.7 Å². The van der Waals surface area contributed by atoms with Gasteiger partial charge in [-0.3, -0.25) is 14.3 Å². The second-order valence-corrected chi connectivity index (χ2v) is 7.83. The molecule has 1 fully saturated rings. The second-order valence-electron chi connectivity index (χ2n) is 7.83. The number of carbonyl (C=O) groups is 2. The zero-order valence-corrected chi connectivity index (χ0v) is 14.8. The third-order valence-corrected chi connectivity index (χ3v) is 4.85. The van der Waals surface area contributed by atoms with Crippen molar-refractivity contribution in [2.75, 3.05) is 13.1 Å². The predicted octanol–water partition coefficient (Wildman–Crippen LogP) is 0.504. The van der Waals surface area contributed by atoms with Crippen molar-refractivity contribution >= 4 is 11.8 Å². The molecule has 0 aliphatic carbocycles. The molecule has 7 nitrogen and oxygen atoms in total. The first-order valence-electron chi connectivity index (χ1n) is 8.48. The van der Waals surface area contributed by atoms with Gasteiger partial charge < -0.3 is 14.9 Å². The first-order chi connectivity index (χ1) is 11.2. The van der Waals surface area contributed by atoms with Crippen molar-refractivity contribution in [3.8, 4) is 0 Å². The van der Waals surface area contributed by atoms with E-state index in [-0.39, 0.29) is 23.8 Å². The molecule has 2 aliphatic heterocycles. The van der Waals surface area contributed by atoms with Crippen LogP contribution in [-0.2, 0) is 28.1 Å². The van der Waals surface area contributed by atoms with Crippen LogP contribution in [0.25, 0.3) is 0 Å². The van der Waals surface area contributed by atoms with Crippen LogP contribution < -0.4 is 0 Å². The van der Waals surface area contributed by atoms with Crippen LogP contribution in [0.4, 0.5) is 0 Å². The Labute approximate surface area is 142 Å². The minimum absolute atomic E-state index is 0.0276. The summed E-state index contributed by atoms with van der Waals surface area (Å²) in [5.74, 6) is -0.242. The largest absolute Gasteiger partial charge is 0.391 e. The van der Waals surface area contributed by atoms with Gasteiger partial charge in [0.25, 0.3) is 0 Å². The van der Waals surface area contributed by atoms with Gasteiger partial charge in [0.1, 0.15) is 6.04 Å². The van der Waals surface area contributed by atoms with Crippen LogP contribution in [0.5, 0.6) is 0 Å². The van der Waals surface area contributed by atoms with Crippen molar-refractivity contribution in [3.05, 3.63) is 17.5 Å². The summed E-state index contributed by atoms with van der Waals surface area (Å²) < 4.78 is 1.97. The third-order valence-electron chi connectivity index (χ3n) is 4.85. The number of fused-ring (bicyclic) bond motifs is 1. The van der Waals surface area contributed by atoms with Crippen LogP contribution in [0.2, 0.25) is 0 Å². The monoisotopic (exact) mass is 334 g/mol. The van der Waals surface area contributed by atoms with Gasteiger partial charge in [0.05, 0.1) is 30.6 Å². The maximum Gasteiger partial charge on any atom is 0.245 e. The molecule has 0 radical (unpaired) electrons. The summed E-state index contributed by atoms with van der Waals surface area (Å²) in [4.78, 5) is 27.9. The molecule has 0 unspecified atom stereocenters. The molecule has 0 aromatic carbocycles. The van der Waals surface area contributed by atoms with Crippen molar-refractivity contribution in [3.63, 3.8) is 0 Å². The van der Waals surface area contributed by atoms with E-state index in [1.165, 1.54) is 11.8 Å². The molecule has 2 amide bonds. The van der Waals surface area contributed by atoms with Gasteiger partial charge in [0, 0.05) is 31.8 Å². The molecule has 0 saturated carbocycles. The number of rotatable bonds is 1. The molecule has 1 aromatic heterocycles. The Morgan fingerprint density at radius 3 is 2.62 bits per heavy atom. The van der Waals surface area contributed by atoms with Gasteiger partial charge in [-0.2, -0.15) is 5.10 Å². The third kappa shape index (κ3) is 3.05. The standard InChI is InChI=1S/C17H26N4O3/c1-11(22)20-10-13(23)8-14(20)16(24)19-5-6-21-12(9-19)7-15(18-21)17(2,3)4/h7,13-14,23H,5-6,8-10H2,1-4H3/t13-,14-/m1/s1. The first-order valence-corrected chi connectivity index (χ1v) is 8.48. The topological polar surface area (TPSA) is 78.7 Å². The van der Waals surface area contributed by atoms with E-state index in [0.717, 1.165) is 11.4 Å². The molecule has 3 rings (SSSR count). The van der Waals surface area contributed by atoms with E-state index in [2.05, 4.69) is 31.9 Å². The quantitative estimate of drug-likeness (QED) is 0.811. The molecule has 132 valence electrons. The maximum absolute atomic E-state index is 12.9. The summed E-state index contributed by atoms with van der Waals surface area (Å²) in [6.07, 6.45) is -0.299. The molecule has 1 N–H and O–H groups in total. The van der Waals surface area contributed by atoms with E-state index in [1.54, 1.807) is 4.90 Å². The van der Waals surface area contributed by atoms with Gasteiger partial charge in [-0.1, -0.05) is 20.8 Å². The van der Waals surface area contributed by atoms with E-state index >= 15 is 0 Å². The van der Waals surface area contributed by atoms with Crippen LogP contribution in [0, 0.1) is 0 Å². The van der Waals surface area contributed by atoms with Crippen molar-refractivity contribution in [2.24, 2.45) is 0 Å². The number of amides is 2. The Kier molecular flexibility index (Phi) is 4.15. The van der Waals surface area contributed by atoms with Gasteiger partial charge >= 0.3 is 0 Å². The van der Waals surface area contributed by atoms with Crippen LogP contribution in [0.1, 0.15) is 45.5 Å². The average Bonchev–Trinajstić information content (AvgIpc) is 3.08. The fourth-order valence-electron chi connectivity index (χ4n) is 3.43. The smallest absolute Gasteiger partial charge is 0.245 e. The fourth-order valence-corrected chi connectivity index (χ4v) is 3.43. The Balaban J connectivity index is 1.76. The molecule has 7 heteroatoms. The molecule has 0 bridgehead atoms. The zero-order valence-electron chi connectivity index (χ0n) is 14.8. The highest BCUT2D eigenvalue weighted by molar-refractivity contribution is 5.87. The number of nitrogens with zero attached hydrogens (tertiary/aromatic N) is 4. The minimum Gasteiger partial charge on any atom is -0.391 e. The number of hydrogen-bond acceptors (Lipinski definition) is 4. The van der Waals surface area contributed by atoms with Gasteiger partial charge in [-0.25, -0.2) is 0 Å². The summed E-state index contributed by atoms with van der Waals surface area (Å²) in [6, 6.07) is 1.51. The molecular formula is C17H26N4O3. The number of carbonyl (C=O) groups excluding carboxylic acids is 2. The van der Waals surface area contributed by atoms with Crippen LogP contribution in [-0.4, -0.2) is 61.7 Å². The number of aromatic nitrogens is 2. The van der Waals surface area contributed by atoms with E-state index in [9.17, 15) is 14.7 Å². The average molecular weight is 334 g/mol. The lowest BCUT2D eigenvalue weighted by molar-refractivity contribution is -0.143. The minimum atomic E-state index is -0.620. The van der Waals surface area contributed by atoms with Gasteiger partial charge in [-0.05, 0) is 6.07 Å². The van der Waals surface area contributed by atoms with Gasteiger partial charge in [-0.15, -0.1) is 0 Å². The highest BCUT2D eigenvalue weighted by atomic mass is 16.3. The van der Waals surface area contributed by atoms with E-state index in [1.807, 2.05) is 4.68 Å². The fraction of sp³-hybridized carbons (Fsp3) is 0.706. The second kappa shape index (κ2) is 5.88. The molecular weight excluding hydrogens is 308 g/mol. The molecule has 2 aliphatic rings.